The van der Waals surface area contributed by atoms with E-state index in [1.165, 1.54) is 17.5 Å². The molecule has 3 nitrogen and oxygen atoms in total. The molecule has 0 bridgehead atoms. The average Bonchev–Trinajstić information content (AvgIpc) is 2.51. The summed E-state index contributed by atoms with van der Waals surface area (Å²) in [5.74, 6) is 0. The third kappa shape index (κ3) is 3.22. The van der Waals surface area contributed by atoms with Crippen LogP contribution in [-0.2, 0) is 15.9 Å². The largest absolute Gasteiger partial charge is 0.381 e. The van der Waals surface area contributed by atoms with Crippen molar-refractivity contribution in [3.05, 3.63) is 35.4 Å². The first-order valence-corrected chi connectivity index (χ1v) is 7.64. The second kappa shape index (κ2) is 7.21. The number of nitrogens with one attached hydrogen (secondary N) is 1. The maximum atomic E-state index is 5.92. The number of hydrogen-bond donors (Lipinski definition) is 1. The molecule has 0 aliphatic carbocycles. The predicted octanol–water partition coefficient (Wildman–Crippen LogP) is 3.10. The second-order valence-electron chi connectivity index (χ2n) is 5.59. The third-order valence-electron chi connectivity index (χ3n) is 4.41. The van der Waals surface area contributed by atoms with Crippen LogP contribution in [0.2, 0.25) is 0 Å². The van der Waals surface area contributed by atoms with Crippen molar-refractivity contribution in [3.63, 3.8) is 0 Å². The number of methoxy groups -OCH3 is 1. The first kappa shape index (κ1) is 15.5. The molecule has 1 unspecified atom stereocenters. The van der Waals surface area contributed by atoms with Crippen LogP contribution in [-0.4, -0.2) is 33.0 Å². The molecule has 1 N–H and O–H groups in total. The lowest BCUT2D eigenvalue weighted by Gasteiger charge is -2.42. The lowest BCUT2D eigenvalue weighted by Crippen LogP contribution is -2.48. The van der Waals surface area contributed by atoms with Gasteiger partial charge in [-0.2, -0.15) is 0 Å². The molecule has 1 aliphatic heterocycles. The summed E-state index contributed by atoms with van der Waals surface area (Å²) in [5.41, 5.74) is 2.56. The van der Waals surface area contributed by atoms with E-state index in [1.807, 2.05) is 14.2 Å². The summed E-state index contributed by atoms with van der Waals surface area (Å²) in [6.45, 7) is 3.77. The maximum absolute atomic E-state index is 5.92. The van der Waals surface area contributed by atoms with Gasteiger partial charge in [0.15, 0.2) is 0 Å². The van der Waals surface area contributed by atoms with Gasteiger partial charge in [0.05, 0.1) is 11.6 Å². The highest BCUT2D eigenvalue weighted by Crippen LogP contribution is 2.37. The number of rotatable bonds is 6. The Morgan fingerprint density at radius 3 is 2.40 bits per heavy atom. The molecule has 0 aromatic heterocycles. The Hall–Kier alpha value is -0.900. The van der Waals surface area contributed by atoms with Gasteiger partial charge in [-0.3, -0.25) is 0 Å². The zero-order chi connectivity index (χ0) is 14.4. The molecule has 1 saturated heterocycles. The summed E-state index contributed by atoms with van der Waals surface area (Å²) in [5, 5.41) is 3.45. The summed E-state index contributed by atoms with van der Waals surface area (Å²) in [6, 6.07) is 9.18. The molecule has 2 rings (SSSR count). The van der Waals surface area contributed by atoms with Crippen molar-refractivity contribution in [3.8, 4) is 0 Å². The standard InChI is InChI=1S/C17H27NO2/c1-4-5-14-6-8-15(9-7-14)16(18-2)17(19-3)10-12-20-13-11-17/h6-9,16,18H,4-5,10-13H2,1-3H3. The van der Waals surface area contributed by atoms with E-state index in [9.17, 15) is 0 Å². The quantitative estimate of drug-likeness (QED) is 0.866. The van der Waals surface area contributed by atoms with E-state index >= 15 is 0 Å². The van der Waals surface area contributed by atoms with Crippen LogP contribution in [0.4, 0.5) is 0 Å². The van der Waals surface area contributed by atoms with E-state index in [0.717, 1.165) is 32.5 Å². The van der Waals surface area contributed by atoms with Crippen molar-refractivity contribution in [1.82, 2.24) is 5.32 Å². The van der Waals surface area contributed by atoms with Crippen molar-refractivity contribution >= 4 is 0 Å². The van der Waals surface area contributed by atoms with Crippen LogP contribution in [0.1, 0.15) is 43.4 Å². The van der Waals surface area contributed by atoms with Crippen molar-refractivity contribution < 1.29 is 9.47 Å². The second-order valence-corrected chi connectivity index (χ2v) is 5.59. The average molecular weight is 277 g/mol. The summed E-state index contributed by atoms with van der Waals surface area (Å²) < 4.78 is 11.4. The molecule has 1 aromatic carbocycles. The van der Waals surface area contributed by atoms with E-state index in [1.54, 1.807) is 0 Å². The molecular weight excluding hydrogens is 250 g/mol. The minimum atomic E-state index is -0.153. The lowest BCUT2D eigenvalue weighted by molar-refractivity contribution is -0.110. The molecule has 1 fully saturated rings. The summed E-state index contributed by atoms with van der Waals surface area (Å²) in [4.78, 5) is 0. The Balaban J connectivity index is 2.21. The van der Waals surface area contributed by atoms with Gasteiger partial charge in [-0.25, -0.2) is 0 Å². The van der Waals surface area contributed by atoms with Gasteiger partial charge in [-0.05, 0) is 24.6 Å². The molecule has 20 heavy (non-hydrogen) atoms. The van der Waals surface area contributed by atoms with Gasteiger partial charge in [0.25, 0.3) is 0 Å². The molecule has 1 aliphatic rings. The van der Waals surface area contributed by atoms with E-state index < -0.39 is 0 Å². The molecular formula is C17H27NO2. The van der Waals surface area contributed by atoms with Crippen LogP contribution in [0.25, 0.3) is 0 Å². The van der Waals surface area contributed by atoms with Crippen LogP contribution in [0.5, 0.6) is 0 Å². The summed E-state index contributed by atoms with van der Waals surface area (Å²) >= 11 is 0. The first-order valence-electron chi connectivity index (χ1n) is 7.64. The van der Waals surface area contributed by atoms with Crippen LogP contribution in [0.3, 0.4) is 0 Å². The van der Waals surface area contributed by atoms with Crippen molar-refractivity contribution in [2.75, 3.05) is 27.4 Å². The van der Waals surface area contributed by atoms with Crippen molar-refractivity contribution in [2.24, 2.45) is 0 Å². The monoisotopic (exact) mass is 277 g/mol. The van der Waals surface area contributed by atoms with Crippen molar-refractivity contribution in [2.45, 2.75) is 44.2 Å². The lowest BCUT2D eigenvalue weighted by atomic mass is 9.82. The zero-order valence-electron chi connectivity index (χ0n) is 12.9. The third-order valence-corrected chi connectivity index (χ3v) is 4.41. The fourth-order valence-corrected chi connectivity index (χ4v) is 3.23. The molecule has 1 aromatic rings. The predicted molar refractivity (Wildman–Crippen MR) is 82.0 cm³/mol. The van der Waals surface area contributed by atoms with E-state index in [0.29, 0.717) is 0 Å². The normalized spacial score (nSPS) is 19.8. The van der Waals surface area contributed by atoms with Gasteiger partial charge >= 0.3 is 0 Å². The van der Waals surface area contributed by atoms with Gasteiger partial charge in [-0.15, -0.1) is 0 Å². The Kier molecular flexibility index (Phi) is 5.58. The molecule has 1 atom stereocenters. The fraction of sp³-hybridized carbons (Fsp3) is 0.647. The number of hydrogen-bond acceptors (Lipinski definition) is 3. The van der Waals surface area contributed by atoms with E-state index in [4.69, 9.17) is 9.47 Å². The van der Waals surface area contributed by atoms with E-state index in [-0.39, 0.29) is 11.6 Å². The minimum Gasteiger partial charge on any atom is -0.381 e. The molecule has 112 valence electrons. The van der Waals surface area contributed by atoms with Gasteiger partial charge in [0.2, 0.25) is 0 Å². The SMILES string of the molecule is CCCc1ccc(C(NC)C2(OC)CCOCC2)cc1. The molecule has 0 spiro atoms. The Labute approximate surface area is 122 Å². The number of likely N-dealkylation sites (N-methyl/N-ethyl adjacent to an activating group) is 1. The van der Waals surface area contributed by atoms with Gasteiger partial charge in [0.1, 0.15) is 0 Å². The first-order chi connectivity index (χ1) is 9.75. The molecule has 0 saturated carbocycles. The topological polar surface area (TPSA) is 30.5 Å². The van der Waals surface area contributed by atoms with Crippen LogP contribution < -0.4 is 5.32 Å². The zero-order valence-corrected chi connectivity index (χ0v) is 12.9. The summed E-state index contributed by atoms with van der Waals surface area (Å²) in [6.07, 6.45) is 4.21. The molecule has 3 heteroatoms. The van der Waals surface area contributed by atoms with E-state index in [2.05, 4.69) is 36.5 Å². The number of ether oxygens (including phenoxy) is 2. The fourth-order valence-electron chi connectivity index (χ4n) is 3.23. The van der Waals surface area contributed by atoms with Gasteiger partial charge < -0.3 is 14.8 Å². The Morgan fingerprint density at radius 2 is 1.90 bits per heavy atom. The van der Waals surface area contributed by atoms with Gasteiger partial charge in [0, 0.05) is 33.2 Å². The van der Waals surface area contributed by atoms with Crippen LogP contribution in [0.15, 0.2) is 24.3 Å². The molecule has 1 heterocycles. The highest BCUT2D eigenvalue weighted by molar-refractivity contribution is 5.27. The highest BCUT2D eigenvalue weighted by atomic mass is 16.5. The van der Waals surface area contributed by atoms with Gasteiger partial charge in [-0.1, -0.05) is 37.6 Å². The molecule has 0 amide bonds. The number of benzene rings is 1. The Bertz CT molecular complexity index is 396. The van der Waals surface area contributed by atoms with Crippen LogP contribution >= 0.6 is 0 Å². The van der Waals surface area contributed by atoms with Crippen molar-refractivity contribution in [1.29, 1.82) is 0 Å². The van der Waals surface area contributed by atoms with Crippen LogP contribution in [0, 0.1) is 0 Å². The number of aryl methyl sites for hydroxylation is 1. The minimum absolute atomic E-state index is 0.153. The Morgan fingerprint density at radius 1 is 1.25 bits per heavy atom. The highest BCUT2D eigenvalue weighted by Gasteiger charge is 2.40. The summed E-state index contributed by atoms with van der Waals surface area (Å²) in [7, 11) is 3.84. The smallest absolute Gasteiger partial charge is 0.0916 e. The maximum Gasteiger partial charge on any atom is 0.0916 e. The molecule has 0 radical (unpaired) electrons.